The second-order valence-electron chi connectivity index (χ2n) is 4.46. The van der Waals surface area contributed by atoms with Crippen molar-refractivity contribution in [2.75, 3.05) is 32.7 Å². The van der Waals surface area contributed by atoms with Gasteiger partial charge in [0.15, 0.2) is 11.5 Å². The Morgan fingerprint density at radius 1 is 1.24 bits per heavy atom. The number of fused-ring (bicyclic) bond motifs is 1. The van der Waals surface area contributed by atoms with Gasteiger partial charge >= 0.3 is 0 Å². The van der Waals surface area contributed by atoms with Crippen LogP contribution in [0.4, 0.5) is 14.6 Å². The molecule has 21 heavy (non-hydrogen) atoms. The summed E-state index contributed by atoms with van der Waals surface area (Å²) in [7, 11) is 3.01. The van der Waals surface area contributed by atoms with Crippen LogP contribution < -0.4 is 14.8 Å². The number of hydrogen-bond donors (Lipinski definition) is 2. The number of halogens is 2. The number of alkyl halides is 2. The molecule has 0 atom stereocenters. The fourth-order valence-corrected chi connectivity index (χ4v) is 1.91. The van der Waals surface area contributed by atoms with Crippen molar-refractivity contribution in [3.63, 3.8) is 0 Å². The van der Waals surface area contributed by atoms with E-state index in [1.54, 1.807) is 18.2 Å². The largest absolute Gasteiger partial charge is 0.493 e. The van der Waals surface area contributed by atoms with E-state index in [4.69, 9.17) is 14.6 Å². The van der Waals surface area contributed by atoms with Gasteiger partial charge < -0.3 is 19.9 Å². The lowest BCUT2D eigenvalue weighted by Crippen LogP contribution is -2.31. The number of benzene rings is 1. The number of rotatable bonds is 6. The fourth-order valence-electron chi connectivity index (χ4n) is 1.91. The van der Waals surface area contributed by atoms with Gasteiger partial charge in [-0.25, -0.2) is 13.8 Å². The highest BCUT2D eigenvalue weighted by Crippen LogP contribution is 2.34. The molecule has 0 spiro atoms. The number of aliphatic hydroxyl groups is 1. The van der Waals surface area contributed by atoms with Gasteiger partial charge in [0, 0.05) is 11.6 Å². The van der Waals surface area contributed by atoms with E-state index in [1.165, 1.54) is 20.4 Å². The van der Waals surface area contributed by atoms with Gasteiger partial charge in [-0.05, 0) is 23.6 Å². The molecule has 1 aromatic heterocycles. The van der Waals surface area contributed by atoms with Crippen molar-refractivity contribution in [1.82, 2.24) is 4.98 Å². The predicted octanol–water partition coefficient (Wildman–Crippen LogP) is 2.29. The second-order valence-corrected chi connectivity index (χ2v) is 4.46. The van der Waals surface area contributed by atoms with Crippen molar-refractivity contribution in [3.05, 3.63) is 24.4 Å². The lowest BCUT2D eigenvalue weighted by Gasteiger charge is -2.16. The molecule has 114 valence electrons. The Labute approximate surface area is 120 Å². The van der Waals surface area contributed by atoms with Crippen LogP contribution in [0.15, 0.2) is 24.4 Å². The Kier molecular flexibility index (Phi) is 4.42. The maximum atomic E-state index is 13.1. The highest BCUT2D eigenvalue weighted by molar-refractivity contribution is 5.94. The third-order valence-corrected chi connectivity index (χ3v) is 3.01. The molecular formula is C14H16F2N2O3. The van der Waals surface area contributed by atoms with Gasteiger partial charge in [-0.3, -0.25) is 0 Å². The lowest BCUT2D eigenvalue weighted by molar-refractivity contribution is -0.0373. The Bertz CT molecular complexity index is 635. The van der Waals surface area contributed by atoms with Crippen LogP contribution in [0.25, 0.3) is 10.8 Å². The van der Waals surface area contributed by atoms with Crippen LogP contribution in [0.3, 0.4) is 0 Å². The number of hydrogen-bond acceptors (Lipinski definition) is 5. The first-order chi connectivity index (χ1) is 10.0. The van der Waals surface area contributed by atoms with Crippen LogP contribution in [0, 0.1) is 0 Å². The van der Waals surface area contributed by atoms with Crippen LogP contribution in [0.2, 0.25) is 0 Å². The molecule has 0 unspecified atom stereocenters. The monoisotopic (exact) mass is 298 g/mol. The van der Waals surface area contributed by atoms with Crippen LogP contribution in [0.5, 0.6) is 11.5 Å². The third-order valence-electron chi connectivity index (χ3n) is 3.01. The summed E-state index contributed by atoms with van der Waals surface area (Å²) in [5.41, 5.74) is 0. The zero-order valence-corrected chi connectivity index (χ0v) is 11.7. The zero-order chi connectivity index (χ0) is 15.5. The number of methoxy groups -OCH3 is 2. The molecule has 0 saturated carbocycles. The molecule has 0 aliphatic heterocycles. The van der Waals surface area contributed by atoms with E-state index < -0.39 is 19.1 Å². The molecule has 0 fully saturated rings. The minimum absolute atomic E-state index is 0.293. The summed E-state index contributed by atoms with van der Waals surface area (Å²) in [6.07, 6.45) is 1.51. The highest BCUT2D eigenvalue weighted by atomic mass is 19.3. The average molecular weight is 298 g/mol. The van der Waals surface area contributed by atoms with Crippen LogP contribution in [-0.2, 0) is 0 Å². The summed E-state index contributed by atoms with van der Waals surface area (Å²) >= 11 is 0. The number of ether oxygens (including phenoxy) is 2. The van der Waals surface area contributed by atoms with E-state index in [1.807, 2.05) is 0 Å². The van der Waals surface area contributed by atoms with Gasteiger partial charge in [0.1, 0.15) is 12.4 Å². The Hall–Kier alpha value is -2.15. The Morgan fingerprint density at radius 3 is 2.52 bits per heavy atom. The van der Waals surface area contributed by atoms with Gasteiger partial charge in [0.2, 0.25) is 0 Å². The maximum absolute atomic E-state index is 13.1. The molecule has 2 aromatic rings. The van der Waals surface area contributed by atoms with E-state index in [9.17, 15) is 8.78 Å². The first-order valence-electron chi connectivity index (χ1n) is 6.24. The van der Waals surface area contributed by atoms with Crippen molar-refractivity contribution in [3.8, 4) is 11.5 Å². The van der Waals surface area contributed by atoms with E-state index in [-0.39, 0.29) is 0 Å². The topological polar surface area (TPSA) is 63.6 Å². The molecule has 0 saturated heterocycles. The molecule has 0 aliphatic rings. The number of nitrogens with one attached hydrogen (secondary N) is 1. The number of pyridine rings is 1. The summed E-state index contributed by atoms with van der Waals surface area (Å²) in [6, 6.07) is 5.15. The summed E-state index contributed by atoms with van der Waals surface area (Å²) in [5, 5.41) is 12.5. The van der Waals surface area contributed by atoms with Crippen molar-refractivity contribution in [2.24, 2.45) is 0 Å². The summed E-state index contributed by atoms with van der Waals surface area (Å²) in [5.74, 6) is -1.89. The Balaban J connectivity index is 2.40. The molecule has 5 nitrogen and oxygen atoms in total. The number of anilines is 1. The zero-order valence-electron chi connectivity index (χ0n) is 11.7. The van der Waals surface area contributed by atoms with Crippen molar-refractivity contribution in [2.45, 2.75) is 5.92 Å². The molecule has 2 rings (SSSR count). The normalized spacial score (nSPS) is 11.5. The molecule has 7 heteroatoms. The van der Waals surface area contributed by atoms with Crippen LogP contribution in [-0.4, -0.2) is 43.4 Å². The van der Waals surface area contributed by atoms with Crippen LogP contribution in [0.1, 0.15) is 0 Å². The number of nitrogens with zero attached hydrogens (tertiary/aromatic N) is 1. The van der Waals surface area contributed by atoms with E-state index >= 15 is 0 Å². The second kappa shape index (κ2) is 6.09. The van der Waals surface area contributed by atoms with Gasteiger partial charge in [0.25, 0.3) is 5.92 Å². The molecule has 0 radical (unpaired) electrons. The summed E-state index contributed by atoms with van der Waals surface area (Å²) in [4.78, 5) is 4.05. The van der Waals surface area contributed by atoms with E-state index in [0.29, 0.717) is 22.7 Å². The Morgan fingerprint density at radius 2 is 1.90 bits per heavy atom. The van der Waals surface area contributed by atoms with Gasteiger partial charge in [0.05, 0.1) is 20.8 Å². The third kappa shape index (κ3) is 3.30. The summed E-state index contributed by atoms with van der Waals surface area (Å²) < 4.78 is 36.6. The van der Waals surface area contributed by atoms with E-state index in [0.717, 1.165) is 5.39 Å². The first-order valence-corrected chi connectivity index (χ1v) is 6.24. The van der Waals surface area contributed by atoms with Crippen LogP contribution >= 0.6 is 0 Å². The summed E-state index contributed by atoms with van der Waals surface area (Å²) in [6.45, 7) is -1.92. The molecule has 1 heterocycles. The minimum Gasteiger partial charge on any atom is -0.493 e. The molecule has 0 amide bonds. The smallest absolute Gasteiger partial charge is 0.287 e. The van der Waals surface area contributed by atoms with Crippen molar-refractivity contribution in [1.29, 1.82) is 0 Å². The first kappa shape index (κ1) is 15.2. The quantitative estimate of drug-likeness (QED) is 0.856. The molecular weight excluding hydrogens is 282 g/mol. The molecule has 2 N–H and O–H groups in total. The van der Waals surface area contributed by atoms with Gasteiger partial charge in [-0.1, -0.05) is 0 Å². The van der Waals surface area contributed by atoms with Gasteiger partial charge in [-0.15, -0.1) is 0 Å². The average Bonchev–Trinajstić information content (AvgIpc) is 2.51. The fraction of sp³-hybridized carbons (Fsp3) is 0.357. The van der Waals surface area contributed by atoms with E-state index in [2.05, 4.69) is 10.3 Å². The minimum atomic E-state index is -3.21. The predicted molar refractivity (Wildman–Crippen MR) is 75.4 cm³/mol. The molecule has 0 aliphatic carbocycles. The van der Waals surface area contributed by atoms with Gasteiger partial charge in [-0.2, -0.15) is 0 Å². The highest BCUT2D eigenvalue weighted by Gasteiger charge is 2.27. The molecule has 0 bridgehead atoms. The lowest BCUT2D eigenvalue weighted by atomic mass is 10.1. The number of aliphatic hydroxyl groups excluding tert-OH is 1. The maximum Gasteiger partial charge on any atom is 0.287 e. The molecule has 1 aromatic carbocycles. The van der Waals surface area contributed by atoms with Crippen molar-refractivity contribution >= 4 is 16.6 Å². The number of aromatic nitrogens is 1. The van der Waals surface area contributed by atoms with Crippen molar-refractivity contribution < 1.29 is 23.4 Å². The standard InChI is InChI=1S/C14H16F2N2O3/c1-20-11-5-9-3-4-17-13(10(9)6-12(11)21-2)18-7-14(15,16)8-19/h3-6,19H,7-8H2,1-2H3,(H,17,18). The SMILES string of the molecule is COc1cc2ccnc(NCC(F)(F)CO)c2cc1OC.